The summed E-state index contributed by atoms with van der Waals surface area (Å²) in [5.74, 6) is -0.928. The molecule has 4 aromatic carbocycles. The van der Waals surface area contributed by atoms with Crippen molar-refractivity contribution in [3.05, 3.63) is 102 Å². The van der Waals surface area contributed by atoms with Gasteiger partial charge < -0.3 is 15.5 Å². The summed E-state index contributed by atoms with van der Waals surface area (Å²) in [6, 6.07) is 30.0. The molecule has 0 fully saturated rings. The van der Waals surface area contributed by atoms with Gasteiger partial charge in [0.2, 0.25) is 0 Å². The van der Waals surface area contributed by atoms with Crippen LogP contribution in [0.4, 0.5) is 0 Å². The minimum atomic E-state index is -0.928. The molecule has 0 amide bonds. The molecule has 0 unspecified atom stereocenters. The highest BCUT2D eigenvalue weighted by molar-refractivity contribution is 7.97. The van der Waals surface area contributed by atoms with Crippen LogP contribution in [0, 0.1) is 0 Å². The summed E-state index contributed by atoms with van der Waals surface area (Å²) in [5.41, 5.74) is 3.38. The van der Waals surface area contributed by atoms with Gasteiger partial charge in [0.05, 0.1) is 11.7 Å². The zero-order valence-electron chi connectivity index (χ0n) is 21.5. The molecule has 3 N–H and O–H groups in total. The predicted octanol–water partition coefficient (Wildman–Crippen LogP) is 6.12. The molecule has 0 saturated carbocycles. The lowest BCUT2D eigenvalue weighted by atomic mass is 9.93. The second kappa shape index (κ2) is 11.9. The third-order valence-corrected chi connectivity index (χ3v) is 7.23. The lowest BCUT2D eigenvalue weighted by Gasteiger charge is -2.29. The summed E-state index contributed by atoms with van der Waals surface area (Å²) in [4.78, 5) is 12.2. The number of likely N-dealkylation sites (N-methyl/N-ethyl adjacent to an activating group) is 1. The predicted molar refractivity (Wildman–Crippen MR) is 153 cm³/mol. The van der Waals surface area contributed by atoms with Crippen LogP contribution in [0.2, 0.25) is 0 Å². The molecule has 0 spiro atoms. The van der Waals surface area contributed by atoms with Crippen LogP contribution >= 0.6 is 11.9 Å². The SMILES string of the molecule is CN(C[C@H](O)CNC(C)(C)Cc1ccc2ccccc2c1)Sc1cccc(-c2ccc(C(=O)O)cc2)c1. The van der Waals surface area contributed by atoms with Crippen molar-refractivity contribution in [1.29, 1.82) is 0 Å². The van der Waals surface area contributed by atoms with Crippen LogP contribution in [0.1, 0.15) is 29.8 Å². The molecule has 0 saturated heterocycles. The van der Waals surface area contributed by atoms with Crippen molar-refractivity contribution >= 4 is 28.7 Å². The van der Waals surface area contributed by atoms with Crippen LogP contribution in [0.3, 0.4) is 0 Å². The number of aliphatic hydroxyl groups is 1. The van der Waals surface area contributed by atoms with E-state index in [1.807, 2.05) is 41.7 Å². The molecule has 0 aliphatic heterocycles. The second-order valence-corrected chi connectivity index (χ2v) is 11.4. The van der Waals surface area contributed by atoms with Crippen molar-refractivity contribution in [2.75, 3.05) is 20.1 Å². The van der Waals surface area contributed by atoms with Crippen LogP contribution in [0.25, 0.3) is 21.9 Å². The van der Waals surface area contributed by atoms with Gasteiger partial charge >= 0.3 is 5.97 Å². The van der Waals surface area contributed by atoms with Gasteiger partial charge in [-0.3, -0.25) is 0 Å². The quantitative estimate of drug-likeness (QED) is 0.210. The number of β-amino-alcohol motifs (C(OH)–C–C–N with tert-alkyl or cyclic N) is 1. The maximum Gasteiger partial charge on any atom is 0.335 e. The van der Waals surface area contributed by atoms with E-state index in [9.17, 15) is 9.90 Å². The Morgan fingerprint density at radius 1 is 0.919 bits per heavy atom. The Hall–Kier alpha value is -3.16. The molecule has 0 bridgehead atoms. The summed E-state index contributed by atoms with van der Waals surface area (Å²) >= 11 is 1.58. The summed E-state index contributed by atoms with van der Waals surface area (Å²) in [7, 11) is 1.97. The number of nitrogens with zero attached hydrogens (tertiary/aromatic N) is 1. The number of aliphatic hydroxyl groups excluding tert-OH is 1. The highest BCUT2D eigenvalue weighted by atomic mass is 32.2. The summed E-state index contributed by atoms with van der Waals surface area (Å²) in [6.07, 6.45) is 0.357. The number of hydrogen-bond donors (Lipinski definition) is 3. The van der Waals surface area contributed by atoms with Gasteiger partial charge in [0.15, 0.2) is 0 Å². The Morgan fingerprint density at radius 2 is 1.65 bits per heavy atom. The molecule has 6 heteroatoms. The minimum absolute atomic E-state index is 0.153. The lowest BCUT2D eigenvalue weighted by molar-refractivity contribution is 0.0697. The van der Waals surface area contributed by atoms with E-state index in [0.29, 0.717) is 13.1 Å². The summed E-state index contributed by atoms with van der Waals surface area (Å²) in [5, 5.41) is 25.8. The topological polar surface area (TPSA) is 72.8 Å². The fourth-order valence-electron chi connectivity index (χ4n) is 4.43. The summed E-state index contributed by atoms with van der Waals surface area (Å²) in [6.45, 7) is 5.35. The van der Waals surface area contributed by atoms with E-state index < -0.39 is 12.1 Å². The Balaban J connectivity index is 1.28. The number of nitrogens with one attached hydrogen (secondary N) is 1. The number of carboxylic acids is 1. The minimum Gasteiger partial charge on any atom is -0.478 e. The number of carbonyl (C=O) groups is 1. The highest BCUT2D eigenvalue weighted by Gasteiger charge is 2.20. The van der Waals surface area contributed by atoms with Gasteiger partial charge in [0.25, 0.3) is 0 Å². The number of fused-ring (bicyclic) bond motifs is 1. The Bertz CT molecular complexity index is 1350. The van der Waals surface area contributed by atoms with Crippen LogP contribution in [-0.4, -0.2) is 52.3 Å². The normalized spacial score (nSPS) is 12.7. The fourth-order valence-corrected chi connectivity index (χ4v) is 5.36. The van der Waals surface area contributed by atoms with E-state index in [4.69, 9.17) is 5.11 Å². The molecule has 4 aromatic rings. The largest absolute Gasteiger partial charge is 0.478 e. The molecule has 0 aliphatic rings. The van der Waals surface area contributed by atoms with E-state index in [-0.39, 0.29) is 11.1 Å². The molecule has 4 rings (SSSR count). The number of hydrogen-bond acceptors (Lipinski definition) is 5. The van der Waals surface area contributed by atoms with Crippen LogP contribution in [-0.2, 0) is 6.42 Å². The Morgan fingerprint density at radius 3 is 2.38 bits per heavy atom. The van der Waals surface area contributed by atoms with Crippen molar-refractivity contribution in [1.82, 2.24) is 9.62 Å². The zero-order chi connectivity index (χ0) is 26.4. The third-order valence-electron chi connectivity index (χ3n) is 6.30. The van der Waals surface area contributed by atoms with Crippen LogP contribution in [0.15, 0.2) is 95.9 Å². The molecule has 1 atom stereocenters. The van der Waals surface area contributed by atoms with E-state index in [1.54, 1.807) is 24.1 Å². The number of benzene rings is 4. The van der Waals surface area contributed by atoms with Gasteiger partial charge in [-0.25, -0.2) is 9.10 Å². The van der Waals surface area contributed by atoms with Crippen LogP contribution < -0.4 is 5.32 Å². The van der Waals surface area contributed by atoms with Crippen molar-refractivity contribution in [3.63, 3.8) is 0 Å². The third kappa shape index (κ3) is 7.66. The number of aromatic carboxylic acids is 1. The molecule has 0 heterocycles. The maximum absolute atomic E-state index is 11.1. The number of rotatable bonds is 11. The Kier molecular flexibility index (Phi) is 8.67. The monoisotopic (exact) mass is 514 g/mol. The van der Waals surface area contributed by atoms with Gasteiger partial charge in [0.1, 0.15) is 0 Å². The molecular formula is C31H34N2O3S. The van der Waals surface area contributed by atoms with Crippen molar-refractivity contribution in [3.8, 4) is 11.1 Å². The first-order chi connectivity index (χ1) is 17.7. The molecule has 0 radical (unpaired) electrons. The van der Waals surface area contributed by atoms with Crippen molar-refractivity contribution in [2.24, 2.45) is 0 Å². The van der Waals surface area contributed by atoms with Gasteiger partial charge in [-0.2, -0.15) is 0 Å². The average Bonchev–Trinajstić information content (AvgIpc) is 2.87. The van der Waals surface area contributed by atoms with Gasteiger partial charge in [-0.05, 0) is 91.0 Å². The first-order valence-corrected chi connectivity index (χ1v) is 13.2. The number of carboxylic acid groups (broad SMARTS) is 1. The molecule has 0 aromatic heterocycles. The van der Waals surface area contributed by atoms with Gasteiger partial charge in [-0.1, -0.05) is 66.7 Å². The smallest absolute Gasteiger partial charge is 0.335 e. The fraction of sp³-hybridized carbons (Fsp3) is 0.258. The van der Waals surface area contributed by atoms with Crippen molar-refractivity contribution in [2.45, 2.75) is 36.8 Å². The Labute approximate surface area is 223 Å². The van der Waals surface area contributed by atoms with E-state index in [0.717, 1.165) is 22.4 Å². The van der Waals surface area contributed by atoms with Gasteiger partial charge in [-0.15, -0.1) is 0 Å². The first-order valence-electron chi connectivity index (χ1n) is 12.4. The maximum atomic E-state index is 11.1. The van der Waals surface area contributed by atoms with Gasteiger partial charge in [0, 0.05) is 23.5 Å². The molecule has 192 valence electrons. The molecule has 37 heavy (non-hydrogen) atoms. The van der Waals surface area contributed by atoms with E-state index in [2.05, 4.69) is 67.7 Å². The van der Waals surface area contributed by atoms with Crippen molar-refractivity contribution < 1.29 is 15.0 Å². The second-order valence-electron chi connectivity index (χ2n) is 10.1. The zero-order valence-corrected chi connectivity index (χ0v) is 22.3. The van der Waals surface area contributed by atoms with Crippen LogP contribution in [0.5, 0.6) is 0 Å². The first kappa shape index (κ1) is 26.9. The molecule has 5 nitrogen and oxygen atoms in total. The average molecular weight is 515 g/mol. The standard InChI is InChI=1S/C31H34N2O3S/c1-31(2,19-22-11-12-23-7-4-5-8-26(23)17-22)32-20-28(34)21-33(3)37-29-10-6-9-27(18-29)24-13-15-25(16-14-24)30(35)36/h4-18,28,32,34H,19-21H2,1-3H3,(H,35,36)/t28-/m1/s1. The van der Waals surface area contributed by atoms with E-state index in [1.165, 1.54) is 16.3 Å². The highest BCUT2D eigenvalue weighted by Crippen LogP contribution is 2.28. The molecular weight excluding hydrogens is 480 g/mol. The lowest BCUT2D eigenvalue weighted by Crippen LogP contribution is -2.46. The molecule has 0 aliphatic carbocycles. The van der Waals surface area contributed by atoms with E-state index >= 15 is 0 Å². The summed E-state index contributed by atoms with van der Waals surface area (Å²) < 4.78 is 2.04.